The van der Waals surface area contributed by atoms with E-state index in [2.05, 4.69) is 0 Å². The highest BCUT2D eigenvalue weighted by Crippen LogP contribution is 2.33. The van der Waals surface area contributed by atoms with Gasteiger partial charge in [0.1, 0.15) is 28.2 Å². The average molecular weight is 401 g/mol. The molecule has 0 N–H and O–H groups in total. The molecule has 0 unspecified atom stereocenters. The lowest BCUT2D eigenvalue weighted by molar-refractivity contribution is -0.131. The first-order valence-corrected chi connectivity index (χ1v) is 9.58. The average Bonchev–Trinajstić information content (AvgIpc) is 2.65. The third-order valence-electron chi connectivity index (χ3n) is 4.22. The molecule has 0 aliphatic heterocycles. The summed E-state index contributed by atoms with van der Waals surface area (Å²) >= 11 is 5.68. The molecule has 0 saturated carbocycles. The van der Waals surface area contributed by atoms with Crippen LogP contribution < -0.4 is 14.9 Å². The molecule has 2 aromatic carbocycles. The van der Waals surface area contributed by atoms with Gasteiger partial charge in [-0.05, 0) is 25.3 Å². The molecule has 0 aliphatic rings. The van der Waals surface area contributed by atoms with E-state index < -0.39 is 5.97 Å². The standard InChI is InChI=1S/C22H21ClO5/c1-14-20(16-8-4-3-5-9-16)22(25)21-18(27-14)12-17(26-11-7-6-10-23)13-19(21)28-15(2)24/h3-5,8-9,12-13H,6-7,10-11H2,1-2H3. The summed E-state index contributed by atoms with van der Waals surface area (Å²) in [5, 5.41) is 0.216. The Kier molecular flexibility index (Phi) is 6.37. The Morgan fingerprint density at radius 1 is 1.14 bits per heavy atom. The summed E-state index contributed by atoms with van der Waals surface area (Å²) in [5.74, 6) is 1.12. The predicted molar refractivity (Wildman–Crippen MR) is 109 cm³/mol. The Morgan fingerprint density at radius 3 is 2.57 bits per heavy atom. The van der Waals surface area contributed by atoms with E-state index in [0.717, 1.165) is 18.4 Å². The van der Waals surface area contributed by atoms with Gasteiger partial charge in [-0.15, -0.1) is 11.6 Å². The van der Waals surface area contributed by atoms with Crippen LogP contribution in [0.15, 0.2) is 51.7 Å². The number of ether oxygens (including phenoxy) is 2. The van der Waals surface area contributed by atoms with Crippen LogP contribution in [-0.4, -0.2) is 18.5 Å². The molecule has 28 heavy (non-hydrogen) atoms. The highest BCUT2D eigenvalue weighted by Gasteiger charge is 2.19. The van der Waals surface area contributed by atoms with E-state index in [9.17, 15) is 9.59 Å². The SMILES string of the molecule is CC(=O)Oc1cc(OCCCCCl)cc2oc(C)c(-c3ccccc3)c(=O)c12. The van der Waals surface area contributed by atoms with Gasteiger partial charge in [-0.25, -0.2) is 0 Å². The molecule has 0 atom stereocenters. The minimum atomic E-state index is -0.526. The first-order valence-electron chi connectivity index (χ1n) is 9.05. The number of halogens is 1. The quantitative estimate of drug-likeness (QED) is 0.239. The van der Waals surface area contributed by atoms with Crippen LogP contribution in [0.3, 0.4) is 0 Å². The van der Waals surface area contributed by atoms with Crippen molar-refractivity contribution in [1.29, 1.82) is 0 Å². The van der Waals surface area contributed by atoms with E-state index in [1.807, 2.05) is 30.3 Å². The van der Waals surface area contributed by atoms with Gasteiger partial charge in [0.15, 0.2) is 0 Å². The number of esters is 1. The van der Waals surface area contributed by atoms with Crippen molar-refractivity contribution in [3.63, 3.8) is 0 Å². The van der Waals surface area contributed by atoms with Gasteiger partial charge in [-0.1, -0.05) is 30.3 Å². The Morgan fingerprint density at radius 2 is 1.89 bits per heavy atom. The van der Waals surface area contributed by atoms with E-state index in [-0.39, 0.29) is 16.6 Å². The largest absolute Gasteiger partial charge is 0.493 e. The molecule has 0 spiro atoms. The van der Waals surface area contributed by atoms with E-state index >= 15 is 0 Å². The minimum Gasteiger partial charge on any atom is -0.493 e. The summed E-state index contributed by atoms with van der Waals surface area (Å²) < 4.78 is 17.0. The molecule has 0 amide bonds. The third-order valence-corrected chi connectivity index (χ3v) is 4.49. The van der Waals surface area contributed by atoms with Gasteiger partial charge in [0.05, 0.1) is 12.2 Å². The van der Waals surface area contributed by atoms with Crippen LogP contribution in [0, 0.1) is 6.92 Å². The van der Waals surface area contributed by atoms with Gasteiger partial charge in [0.2, 0.25) is 5.43 Å². The molecule has 1 heterocycles. The fourth-order valence-electron chi connectivity index (χ4n) is 3.02. The summed E-state index contributed by atoms with van der Waals surface area (Å²) in [5.41, 5.74) is 1.24. The van der Waals surface area contributed by atoms with E-state index in [4.69, 9.17) is 25.5 Å². The Bertz CT molecular complexity index is 1040. The molecule has 6 heteroatoms. The lowest BCUT2D eigenvalue weighted by Crippen LogP contribution is -2.11. The molecule has 0 saturated heterocycles. The molecular weight excluding hydrogens is 380 g/mol. The number of benzene rings is 2. The van der Waals surface area contributed by atoms with Crippen molar-refractivity contribution in [3.05, 3.63) is 58.4 Å². The number of unbranched alkanes of at least 4 members (excludes halogenated alkanes) is 1. The summed E-state index contributed by atoms with van der Waals surface area (Å²) in [7, 11) is 0. The number of hydrogen-bond donors (Lipinski definition) is 0. The Labute approximate surface area is 167 Å². The molecule has 3 rings (SSSR count). The number of carbonyl (C=O) groups excluding carboxylic acids is 1. The maximum absolute atomic E-state index is 13.3. The van der Waals surface area contributed by atoms with Crippen molar-refractivity contribution in [2.24, 2.45) is 0 Å². The van der Waals surface area contributed by atoms with E-state index in [0.29, 0.717) is 35.1 Å². The first kappa shape index (κ1) is 20.0. The van der Waals surface area contributed by atoms with Crippen LogP contribution in [0.25, 0.3) is 22.1 Å². The zero-order valence-electron chi connectivity index (χ0n) is 15.8. The molecule has 0 radical (unpaired) electrons. The first-order chi connectivity index (χ1) is 13.5. The second-order valence-corrected chi connectivity index (χ2v) is 6.74. The Balaban J connectivity index is 2.14. The Hall–Kier alpha value is -2.79. The van der Waals surface area contributed by atoms with Crippen molar-refractivity contribution in [2.45, 2.75) is 26.7 Å². The van der Waals surface area contributed by atoms with Crippen molar-refractivity contribution >= 4 is 28.5 Å². The number of hydrogen-bond acceptors (Lipinski definition) is 5. The fourth-order valence-corrected chi connectivity index (χ4v) is 3.20. The van der Waals surface area contributed by atoms with Crippen molar-refractivity contribution < 1.29 is 18.7 Å². The summed E-state index contributed by atoms with van der Waals surface area (Å²) in [4.78, 5) is 24.8. The lowest BCUT2D eigenvalue weighted by atomic mass is 10.0. The topological polar surface area (TPSA) is 65.7 Å². The summed E-state index contributed by atoms with van der Waals surface area (Å²) in [6, 6.07) is 12.4. The van der Waals surface area contributed by atoms with Gasteiger partial charge in [0.25, 0.3) is 0 Å². The zero-order valence-corrected chi connectivity index (χ0v) is 16.5. The van der Waals surface area contributed by atoms with Gasteiger partial charge in [-0.2, -0.15) is 0 Å². The molecule has 3 aromatic rings. The van der Waals surface area contributed by atoms with Crippen LogP contribution in [0.1, 0.15) is 25.5 Å². The number of carbonyl (C=O) groups is 1. The maximum Gasteiger partial charge on any atom is 0.308 e. The molecule has 0 bridgehead atoms. The monoisotopic (exact) mass is 400 g/mol. The third kappa shape index (κ3) is 4.37. The van der Waals surface area contributed by atoms with Gasteiger partial charge >= 0.3 is 5.97 Å². The second-order valence-electron chi connectivity index (χ2n) is 6.36. The molecular formula is C22H21ClO5. The highest BCUT2D eigenvalue weighted by atomic mass is 35.5. The summed E-state index contributed by atoms with van der Waals surface area (Å²) in [6.07, 6.45) is 1.63. The fraction of sp³-hybridized carbons (Fsp3) is 0.273. The summed E-state index contributed by atoms with van der Waals surface area (Å²) in [6.45, 7) is 3.49. The number of fused-ring (bicyclic) bond motifs is 1. The highest BCUT2D eigenvalue weighted by molar-refractivity contribution is 6.17. The van der Waals surface area contributed by atoms with Crippen LogP contribution >= 0.6 is 11.6 Å². The van der Waals surface area contributed by atoms with Crippen LogP contribution in [0.5, 0.6) is 11.5 Å². The van der Waals surface area contributed by atoms with Crippen molar-refractivity contribution in [3.8, 4) is 22.6 Å². The van der Waals surface area contributed by atoms with Crippen LogP contribution in [0.2, 0.25) is 0 Å². The molecule has 1 aromatic heterocycles. The maximum atomic E-state index is 13.3. The van der Waals surface area contributed by atoms with Crippen LogP contribution in [0.4, 0.5) is 0 Å². The van der Waals surface area contributed by atoms with Gasteiger partial charge < -0.3 is 13.9 Å². The molecule has 146 valence electrons. The predicted octanol–water partition coefficient (Wildman–Crippen LogP) is 5.09. The number of alkyl halides is 1. The normalized spacial score (nSPS) is 10.8. The minimum absolute atomic E-state index is 0.128. The lowest BCUT2D eigenvalue weighted by Gasteiger charge is -2.13. The van der Waals surface area contributed by atoms with Gasteiger partial charge in [-0.3, -0.25) is 9.59 Å². The smallest absolute Gasteiger partial charge is 0.308 e. The molecule has 0 fully saturated rings. The molecule has 0 aliphatic carbocycles. The zero-order chi connectivity index (χ0) is 20.1. The van der Waals surface area contributed by atoms with E-state index in [1.165, 1.54) is 6.92 Å². The van der Waals surface area contributed by atoms with Crippen molar-refractivity contribution in [1.82, 2.24) is 0 Å². The van der Waals surface area contributed by atoms with Crippen LogP contribution in [-0.2, 0) is 4.79 Å². The molecule has 5 nitrogen and oxygen atoms in total. The number of rotatable bonds is 7. The number of aryl methyl sites for hydroxylation is 1. The second kappa shape index (κ2) is 8.93. The van der Waals surface area contributed by atoms with Gasteiger partial charge in [0, 0.05) is 24.9 Å². The van der Waals surface area contributed by atoms with E-state index in [1.54, 1.807) is 19.1 Å². The van der Waals surface area contributed by atoms with Crippen molar-refractivity contribution in [2.75, 3.05) is 12.5 Å².